The quantitative estimate of drug-likeness (QED) is 0.531. The molecule has 0 saturated carbocycles. The Morgan fingerprint density at radius 3 is 2.30 bits per heavy atom. The van der Waals surface area contributed by atoms with E-state index < -0.39 is 0 Å². The zero-order chi connectivity index (χ0) is 21.5. The number of hydrogen-bond donors (Lipinski definition) is 2. The van der Waals surface area contributed by atoms with Gasteiger partial charge in [-0.2, -0.15) is 5.10 Å². The minimum Gasteiger partial charge on any atom is -0.493 e. The first-order valence-corrected chi connectivity index (χ1v) is 10.2. The molecule has 0 atom stereocenters. The van der Waals surface area contributed by atoms with Crippen LogP contribution in [0.3, 0.4) is 0 Å². The maximum atomic E-state index is 5.42. The summed E-state index contributed by atoms with van der Waals surface area (Å²) in [6.45, 7) is 5.56. The Labute approximate surface area is 183 Å². The Hall–Kier alpha value is -3.06. The number of anilines is 1. The number of aryl methyl sites for hydroxylation is 2. The van der Waals surface area contributed by atoms with E-state index in [1.54, 1.807) is 14.2 Å². The van der Waals surface area contributed by atoms with Crippen LogP contribution in [-0.4, -0.2) is 35.7 Å². The van der Waals surface area contributed by atoms with Crippen LogP contribution >= 0.6 is 12.2 Å². The molecule has 0 unspecified atom stereocenters. The highest BCUT2D eigenvalue weighted by atomic mass is 32.1. The molecule has 0 radical (unpaired) electrons. The number of nitrogens with zero attached hydrogens (tertiary/aromatic N) is 2. The van der Waals surface area contributed by atoms with Crippen LogP contribution in [0, 0.1) is 13.8 Å². The molecular formula is C23H28N4O2S. The van der Waals surface area contributed by atoms with E-state index in [0.717, 1.165) is 53.6 Å². The van der Waals surface area contributed by atoms with Gasteiger partial charge in [0, 0.05) is 17.9 Å². The van der Waals surface area contributed by atoms with Crippen LogP contribution in [0.5, 0.6) is 11.5 Å². The number of benzene rings is 2. The smallest absolute Gasteiger partial charge is 0.170 e. The number of rotatable bonds is 8. The molecule has 1 aromatic heterocycles. The summed E-state index contributed by atoms with van der Waals surface area (Å²) < 4.78 is 12.6. The number of methoxy groups -OCH3 is 2. The molecule has 6 nitrogen and oxygen atoms in total. The van der Waals surface area contributed by atoms with Crippen LogP contribution in [0.15, 0.2) is 48.5 Å². The van der Waals surface area contributed by atoms with E-state index >= 15 is 0 Å². The predicted octanol–water partition coefficient (Wildman–Crippen LogP) is 4.09. The van der Waals surface area contributed by atoms with Crippen LogP contribution in [0.2, 0.25) is 0 Å². The summed E-state index contributed by atoms with van der Waals surface area (Å²) in [5, 5.41) is 11.6. The Morgan fingerprint density at radius 2 is 1.67 bits per heavy atom. The molecule has 0 aliphatic rings. The van der Waals surface area contributed by atoms with Crippen LogP contribution in [-0.2, 0) is 13.0 Å². The van der Waals surface area contributed by atoms with Gasteiger partial charge in [0.15, 0.2) is 16.6 Å². The topological polar surface area (TPSA) is 60.3 Å². The standard InChI is InChI=1S/C23H28N4O2S/c1-16-13-17(2)27(26-16)15-19-5-8-20(9-6-19)25-23(30)24-12-11-18-7-10-21(28-3)22(14-18)29-4/h5-10,13-14H,11-12,15H2,1-4H3,(H2,24,25,30). The maximum absolute atomic E-state index is 5.42. The second-order valence-electron chi connectivity index (χ2n) is 7.10. The third-order valence-electron chi connectivity index (χ3n) is 4.79. The minimum atomic E-state index is 0.599. The molecule has 0 saturated heterocycles. The van der Waals surface area contributed by atoms with Crippen LogP contribution in [0.1, 0.15) is 22.5 Å². The molecule has 0 amide bonds. The number of thiocarbonyl (C=S) groups is 1. The SMILES string of the molecule is COc1ccc(CCNC(=S)Nc2ccc(Cn3nc(C)cc3C)cc2)cc1OC. The maximum Gasteiger partial charge on any atom is 0.170 e. The summed E-state index contributed by atoms with van der Waals surface area (Å²) in [5.74, 6) is 1.46. The summed E-state index contributed by atoms with van der Waals surface area (Å²) in [6.07, 6.45) is 0.823. The molecule has 0 aliphatic heterocycles. The van der Waals surface area contributed by atoms with Gasteiger partial charge >= 0.3 is 0 Å². The van der Waals surface area contributed by atoms with Gasteiger partial charge in [-0.25, -0.2) is 0 Å². The van der Waals surface area contributed by atoms with Crippen molar-refractivity contribution < 1.29 is 9.47 Å². The van der Waals surface area contributed by atoms with E-state index in [2.05, 4.69) is 40.9 Å². The monoisotopic (exact) mass is 424 g/mol. The van der Waals surface area contributed by atoms with Crippen molar-refractivity contribution in [2.45, 2.75) is 26.8 Å². The summed E-state index contributed by atoms with van der Waals surface area (Å²) in [7, 11) is 3.27. The van der Waals surface area contributed by atoms with Crippen LogP contribution in [0.25, 0.3) is 0 Å². The number of ether oxygens (including phenoxy) is 2. The van der Waals surface area contributed by atoms with Crippen molar-refractivity contribution in [1.29, 1.82) is 0 Å². The van der Waals surface area contributed by atoms with E-state index in [0.29, 0.717) is 5.11 Å². The third kappa shape index (κ3) is 5.73. The van der Waals surface area contributed by atoms with Crippen molar-refractivity contribution in [3.05, 3.63) is 71.0 Å². The molecule has 2 N–H and O–H groups in total. The van der Waals surface area contributed by atoms with Crippen LogP contribution < -0.4 is 20.1 Å². The highest BCUT2D eigenvalue weighted by Gasteiger charge is 2.06. The first kappa shape index (κ1) is 21.6. The largest absolute Gasteiger partial charge is 0.493 e. The van der Waals surface area contributed by atoms with E-state index in [9.17, 15) is 0 Å². The van der Waals surface area contributed by atoms with Crippen molar-refractivity contribution in [3.8, 4) is 11.5 Å². The molecule has 0 spiro atoms. The lowest BCUT2D eigenvalue weighted by Crippen LogP contribution is -2.30. The number of hydrogen-bond acceptors (Lipinski definition) is 4. The summed E-state index contributed by atoms with van der Waals surface area (Å²) in [4.78, 5) is 0. The molecule has 3 aromatic rings. The average molecular weight is 425 g/mol. The van der Waals surface area contributed by atoms with Gasteiger partial charge in [-0.15, -0.1) is 0 Å². The Bertz CT molecular complexity index is 999. The zero-order valence-electron chi connectivity index (χ0n) is 17.9. The molecular weight excluding hydrogens is 396 g/mol. The van der Waals surface area contributed by atoms with Gasteiger partial charge in [0.05, 0.1) is 26.5 Å². The molecule has 0 aliphatic carbocycles. The molecule has 30 heavy (non-hydrogen) atoms. The van der Waals surface area contributed by atoms with Crippen molar-refractivity contribution in [2.24, 2.45) is 0 Å². The first-order chi connectivity index (χ1) is 14.5. The molecule has 1 heterocycles. The lowest BCUT2D eigenvalue weighted by molar-refractivity contribution is 0.354. The first-order valence-electron chi connectivity index (χ1n) is 9.84. The highest BCUT2D eigenvalue weighted by Crippen LogP contribution is 2.27. The van der Waals surface area contributed by atoms with E-state index in [4.69, 9.17) is 21.7 Å². The molecule has 0 bridgehead atoms. The molecule has 2 aromatic carbocycles. The van der Waals surface area contributed by atoms with Crippen molar-refractivity contribution in [2.75, 3.05) is 26.1 Å². The van der Waals surface area contributed by atoms with Gasteiger partial charge in [-0.05, 0) is 73.9 Å². The fourth-order valence-corrected chi connectivity index (χ4v) is 3.45. The van der Waals surface area contributed by atoms with E-state index in [-0.39, 0.29) is 0 Å². The van der Waals surface area contributed by atoms with Gasteiger partial charge < -0.3 is 20.1 Å². The Kier molecular flexibility index (Phi) is 7.30. The normalized spacial score (nSPS) is 10.5. The predicted molar refractivity (Wildman–Crippen MR) is 125 cm³/mol. The fraction of sp³-hybridized carbons (Fsp3) is 0.304. The van der Waals surface area contributed by atoms with E-state index in [1.807, 2.05) is 41.9 Å². The summed E-state index contributed by atoms with van der Waals surface area (Å²) in [6, 6.07) is 16.3. The minimum absolute atomic E-state index is 0.599. The number of aromatic nitrogens is 2. The second-order valence-corrected chi connectivity index (χ2v) is 7.51. The van der Waals surface area contributed by atoms with Crippen molar-refractivity contribution >= 4 is 23.0 Å². The van der Waals surface area contributed by atoms with Gasteiger partial charge in [0.2, 0.25) is 0 Å². The zero-order valence-corrected chi connectivity index (χ0v) is 18.7. The van der Waals surface area contributed by atoms with Gasteiger partial charge in [0.25, 0.3) is 0 Å². The Morgan fingerprint density at radius 1 is 0.967 bits per heavy atom. The van der Waals surface area contributed by atoms with Crippen LogP contribution in [0.4, 0.5) is 5.69 Å². The fourth-order valence-electron chi connectivity index (χ4n) is 3.23. The lowest BCUT2D eigenvalue weighted by Gasteiger charge is -2.12. The van der Waals surface area contributed by atoms with Gasteiger partial charge in [0.1, 0.15) is 0 Å². The molecule has 3 rings (SSSR count). The summed E-state index contributed by atoms with van der Waals surface area (Å²) >= 11 is 5.42. The third-order valence-corrected chi connectivity index (χ3v) is 5.04. The van der Waals surface area contributed by atoms with Gasteiger partial charge in [-0.3, -0.25) is 4.68 Å². The van der Waals surface area contributed by atoms with Crippen molar-refractivity contribution in [3.63, 3.8) is 0 Å². The van der Waals surface area contributed by atoms with E-state index in [1.165, 1.54) is 5.56 Å². The molecule has 0 fully saturated rings. The second kappa shape index (κ2) is 10.1. The lowest BCUT2D eigenvalue weighted by atomic mass is 10.1. The van der Waals surface area contributed by atoms with Gasteiger partial charge in [-0.1, -0.05) is 18.2 Å². The number of nitrogens with one attached hydrogen (secondary N) is 2. The Balaban J connectivity index is 1.47. The van der Waals surface area contributed by atoms with Crippen molar-refractivity contribution in [1.82, 2.24) is 15.1 Å². The highest BCUT2D eigenvalue weighted by molar-refractivity contribution is 7.80. The molecule has 158 valence electrons. The summed E-state index contributed by atoms with van der Waals surface area (Å²) in [5.41, 5.74) is 5.50. The average Bonchev–Trinajstić information content (AvgIpc) is 3.05. The molecule has 7 heteroatoms.